The highest BCUT2D eigenvalue weighted by Crippen LogP contribution is 2.65. The van der Waals surface area contributed by atoms with Gasteiger partial charge in [-0.1, -0.05) is 20.8 Å². The second-order valence-electron chi connectivity index (χ2n) is 9.10. The second-order valence-corrected chi connectivity index (χ2v) is 9.10. The van der Waals surface area contributed by atoms with Crippen LogP contribution in [0.25, 0.3) is 0 Å². The summed E-state index contributed by atoms with van der Waals surface area (Å²) in [5, 5.41) is 3.33. The minimum absolute atomic E-state index is 0.297. The van der Waals surface area contributed by atoms with Crippen molar-refractivity contribution < 1.29 is 4.79 Å². The fourth-order valence-electron chi connectivity index (χ4n) is 6.96. The lowest BCUT2D eigenvalue weighted by molar-refractivity contribution is -0.136. The first kappa shape index (κ1) is 14.1. The molecule has 0 spiro atoms. The normalized spacial score (nSPS) is 56.1. The van der Waals surface area contributed by atoms with Crippen LogP contribution < -0.4 is 5.32 Å². The molecular weight excluding hydrogens is 258 g/mol. The van der Waals surface area contributed by atoms with Gasteiger partial charge in [0.15, 0.2) is 0 Å². The summed E-state index contributed by atoms with van der Waals surface area (Å²) < 4.78 is 0. The molecule has 1 aliphatic heterocycles. The van der Waals surface area contributed by atoms with Crippen molar-refractivity contribution in [1.29, 1.82) is 0 Å². The van der Waals surface area contributed by atoms with Gasteiger partial charge in [0, 0.05) is 12.5 Å². The molecule has 21 heavy (non-hydrogen) atoms. The fraction of sp³-hybridized carbons (Fsp3) is 0.947. The van der Waals surface area contributed by atoms with Gasteiger partial charge in [0.1, 0.15) is 0 Å². The van der Waals surface area contributed by atoms with Crippen molar-refractivity contribution in [1.82, 2.24) is 5.32 Å². The van der Waals surface area contributed by atoms with Crippen LogP contribution in [-0.4, -0.2) is 11.9 Å². The molecule has 3 aliphatic carbocycles. The molecule has 0 radical (unpaired) electrons. The van der Waals surface area contributed by atoms with Crippen LogP contribution in [0.4, 0.5) is 0 Å². The van der Waals surface area contributed by atoms with Crippen molar-refractivity contribution in [2.24, 2.45) is 34.5 Å². The maximum atomic E-state index is 11.8. The highest BCUT2D eigenvalue weighted by Gasteiger charge is 2.59. The molecule has 2 unspecified atom stereocenters. The van der Waals surface area contributed by atoms with Gasteiger partial charge in [-0.25, -0.2) is 0 Å². The molecule has 0 aromatic rings. The molecule has 4 fully saturated rings. The van der Waals surface area contributed by atoms with Gasteiger partial charge in [-0.2, -0.15) is 0 Å². The van der Waals surface area contributed by atoms with E-state index in [1.807, 2.05) is 0 Å². The largest absolute Gasteiger partial charge is 0.353 e. The second kappa shape index (κ2) is 4.49. The quantitative estimate of drug-likeness (QED) is 0.713. The molecule has 0 bridgehead atoms. The van der Waals surface area contributed by atoms with E-state index in [-0.39, 0.29) is 0 Å². The van der Waals surface area contributed by atoms with Crippen molar-refractivity contribution in [2.45, 2.75) is 78.2 Å². The Morgan fingerprint density at radius 1 is 0.952 bits per heavy atom. The lowest BCUT2D eigenvalue weighted by Gasteiger charge is -2.60. The lowest BCUT2D eigenvalue weighted by atomic mass is 9.47. The number of piperidine rings is 1. The standard InChI is InChI=1S/C19H31NO/c1-12-4-6-14-13-5-7-16-19(3,11-9-17(21)20-16)15(13)8-10-18(12,14)2/h12-16H,4-11H2,1-3H3,(H,20,21)/t12?,13-,14-,15+,16?,18+,19+/m0/s1. The summed E-state index contributed by atoms with van der Waals surface area (Å²) >= 11 is 0. The Kier molecular flexibility index (Phi) is 3.01. The zero-order chi connectivity index (χ0) is 14.8. The molecule has 1 N–H and O–H groups in total. The first-order valence-corrected chi connectivity index (χ1v) is 9.24. The Balaban J connectivity index is 1.64. The Morgan fingerprint density at radius 3 is 2.52 bits per heavy atom. The molecule has 4 rings (SSSR count). The van der Waals surface area contributed by atoms with E-state index in [0.717, 1.165) is 36.5 Å². The van der Waals surface area contributed by atoms with Crippen molar-refractivity contribution in [3.8, 4) is 0 Å². The van der Waals surface area contributed by atoms with E-state index in [9.17, 15) is 4.79 Å². The van der Waals surface area contributed by atoms with E-state index in [1.54, 1.807) is 0 Å². The van der Waals surface area contributed by atoms with Gasteiger partial charge >= 0.3 is 0 Å². The lowest BCUT2D eigenvalue weighted by Crippen LogP contribution is -2.60. The van der Waals surface area contributed by atoms with E-state index in [4.69, 9.17) is 0 Å². The molecule has 0 aromatic carbocycles. The van der Waals surface area contributed by atoms with Crippen LogP contribution >= 0.6 is 0 Å². The third kappa shape index (κ3) is 1.80. The van der Waals surface area contributed by atoms with E-state index in [0.29, 0.717) is 22.8 Å². The molecule has 2 heteroatoms. The van der Waals surface area contributed by atoms with Gasteiger partial charge in [-0.05, 0) is 79.4 Å². The Morgan fingerprint density at radius 2 is 1.71 bits per heavy atom. The van der Waals surface area contributed by atoms with Crippen LogP contribution in [0.15, 0.2) is 0 Å². The molecule has 1 saturated heterocycles. The molecule has 7 atom stereocenters. The zero-order valence-electron chi connectivity index (χ0n) is 14.0. The van der Waals surface area contributed by atoms with Crippen LogP contribution in [0.5, 0.6) is 0 Å². The number of carbonyl (C=O) groups is 1. The van der Waals surface area contributed by atoms with Crippen LogP contribution in [-0.2, 0) is 4.79 Å². The Hall–Kier alpha value is -0.530. The summed E-state index contributed by atoms with van der Waals surface area (Å²) in [6, 6.07) is 0.461. The highest BCUT2D eigenvalue weighted by molar-refractivity contribution is 5.77. The predicted octanol–water partition coefficient (Wildman–Crippen LogP) is 4.14. The van der Waals surface area contributed by atoms with E-state index in [1.165, 1.54) is 38.5 Å². The molecule has 2 nitrogen and oxygen atoms in total. The summed E-state index contributed by atoms with van der Waals surface area (Å²) in [7, 11) is 0. The van der Waals surface area contributed by atoms with Gasteiger partial charge < -0.3 is 5.32 Å². The minimum Gasteiger partial charge on any atom is -0.353 e. The molecule has 1 heterocycles. The number of rotatable bonds is 0. The third-order valence-corrected chi connectivity index (χ3v) is 8.57. The van der Waals surface area contributed by atoms with E-state index < -0.39 is 0 Å². The molecule has 3 saturated carbocycles. The van der Waals surface area contributed by atoms with Gasteiger partial charge in [0.2, 0.25) is 5.91 Å². The molecule has 118 valence electrons. The predicted molar refractivity (Wildman–Crippen MR) is 84.7 cm³/mol. The molecule has 1 amide bonds. The van der Waals surface area contributed by atoms with Gasteiger partial charge in [-0.15, -0.1) is 0 Å². The average molecular weight is 289 g/mol. The minimum atomic E-state index is 0.297. The maximum Gasteiger partial charge on any atom is 0.220 e. The number of fused-ring (bicyclic) bond motifs is 5. The van der Waals surface area contributed by atoms with Crippen LogP contribution in [0, 0.1) is 34.5 Å². The van der Waals surface area contributed by atoms with Crippen LogP contribution in [0.1, 0.15) is 72.1 Å². The fourth-order valence-corrected chi connectivity index (χ4v) is 6.96. The number of hydrogen-bond acceptors (Lipinski definition) is 1. The van der Waals surface area contributed by atoms with Crippen molar-refractivity contribution in [3.05, 3.63) is 0 Å². The van der Waals surface area contributed by atoms with Gasteiger partial charge in [0.25, 0.3) is 0 Å². The Labute approximate surface area is 129 Å². The van der Waals surface area contributed by atoms with Gasteiger partial charge in [0.05, 0.1) is 0 Å². The first-order chi connectivity index (χ1) is 9.95. The Bertz CT molecular complexity index is 460. The van der Waals surface area contributed by atoms with E-state index in [2.05, 4.69) is 26.1 Å². The number of hydrogen-bond donors (Lipinski definition) is 1. The topological polar surface area (TPSA) is 29.1 Å². The highest BCUT2D eigenvalue weighted by atomic mass is 16.1. The SMILES string of the molecule is CC1CC[C@H]2[C@@H]3CCC4NC(=O)CC[C@]4(C)[C@@H]3CC[C@]12C. The number of nitrogens with one attached hydrogen (secondary N) is 1. The molecule has 4 aliphatic rings. The summed E-state index contributed by atoms with van der Waals surface area (Å²) in [6.45, 7) is 7.58. The van der Waals surface area contributed by atoms with Crippen molar-refractivity contribution in [3.63, 3.8) is 0 Å². The number of carbonyl (C=O) groups excluding carboxylic acids is 1. The molecule has 0 aromatic heterocycles. The smallest absolute Gasteiger partial charge is 0.220 e. The van der Waals surface area contributed by atoms with Gasteiger partial charge in [-0.3, -0.25) is 4.79 Å². The molecular formula is C19H31NO. The summed E-state index contributed by atoms with van der Waals surface area (Å²) in [5.74, 6) is 3.97. The van der Waals surface area contributed by atoms with Crippen molar-refractivity contribution in [2.75, 3.05) is 0 Å². The van der Waals surface area contributed by atoms with E-state index >= 15 is 0 Å². The third-order valence-electron chi connectivity index (χ3n) is 8.57. The first-order valence-electron chi connectivity index (χ1n) is 9.24. The summed E-state index contributed by atoms with van der Waals surface area (Å²) in [5.41, 5.74) is 0.992. The summed E-state index contributed by atoms with van der Waals surface area (Å²) in [6.07, 6.45) is 10.2. The maximum absolute atomic E-state index is 11.8. The monoisotopic (exact) mass is 289 g/mol. The number of amides is 1. The van der Waals surface area contributed by atoms with Crippen LogP contribution in [0.3, 0.4) is 0 Å². The zero-order valence-corrected chi connectivity index (χ0v) is 14.0. The van der Waals surface area contributed by atoms with Crippen LogP contribution in [0.2, 0.25) is 0 Å². The average Bonchev–Trinajstić information content (AvgIpc) is 2.76. The summed E-state index contributed by atoms with van der Waals surface area (Å²) in [4.78, 5) is 11.8. The van der Waals surface area contributed by atoms with Crippen molar-refractivity contribution >= 4 is 5.91 Å².